The molecule has 0 radical (unpaired) electrons. The second-order valence-corrected chi connectivity index (χ2v) is 8.35. The number of aryl methyl sites for hydroxylation is 1. The van der Waals surface area contributed by atoms with Gasteiger partial charge in [0.15, 0.2) is 6.04 Å². The molecular weight excluding hydrogens is 430 g/mol. The van der Waals surface area contributed by atoms with E-state index in [-0.39, 0.29) is 36.9 Å². The van der Waals surface area contributed by atoms with Gasteiger partial charge in [-0.05, 0) is 43.5 Å². The molecule has 1 aliphatic heterocycles. The van der Waals surface area contributed by atoms with E-state index in [2.05, 4.69) is 17.1 Å². The van der Waals surface area contributed by atoms with Crippen LogP contribution in [0.4, 0.5) is 0 Å². The van der Waals surface area contributed by atoms with Crippen molar-refractivity contribution in [1.29, 1.82) is 0 Å². The quantitative estimate of drug-likeness (QED) is 0.245. The first-order valence-electron chi connectivity index (χ1n) is 11.4. The molecule has 0 unspecified atom stereocenters. The predicted octanol–water partition coefficient (Wildman–Crippen LogP) is 0.128. The molecule has 0 bridgehead atoms. The van der Waals surface area contributed by atoms with Crippen LogP contribution < -0.4 is 28.6 Å². The Morgan fingerprint density at radius 1 is 1.22 bits per heavy atom. The van der Waals surface area contributed by atoms with Gasteiger partial charge < -0.3 is 26.8 Å². The number of unbranched alkanes of at least 4 members (excludes halogenated alkanes) is 5. The standard InChI is InChI=1S/C23H35N5O3.ClH/c1-3-4-5-6-7-8-13-30-19-10-9-17(14-16(19)2)21-26-22(31-27-21)20-18(15-29)11-12-28(20)23(24)25;/h9-10,14,18,20,29H,3-8,11-13,15H2,1-2H3,(H3,24,25);1H/t18-,20+;/m1./s1. The third kappa shape index (κ3) is 6.36. The van der Waals surface area contributed by atoms with Crippen LogP contribution in [0.5, 0.6) is 5.75 Å². The van der Waals surface area contributed by atoms with Crippen molar-refractivity contribution < 1.29 is 31.3 Å². The van der Waals surface area contributed by atoms with Crippen LogP contribution in [0, 0.1) is 12.8 Å². The van der Waals surface area contributed by atoms with Gasteiger partial charge in [0.05, 0.1) is 13.2 Å². The van der Waals surface area contributed by atoms with Gasteiger partial charge in [-0.1, -0.05) is 44.2 Å². The fourth-order valence-corrected chi connectivity index (χ4v) is 4.16. The van der Waals surface area contributed by atoms with E-state index in [1.165, 1.54) is 32.1 Å². The number of guanidine groups is 1. The topological polar surface area (TPSA) is 123 Å². The molecule has 178 valence electrons. The molecule has 1 aromatic carbocycles. The van der Waals surface area contributed by atoms with E-state index in [4.69, 9.17) is 20.7 Å². The number of nitrogens with two attached hydrogens (primary N) is 2. The number of aliphatic hydroxyl groups excluding tert-OH is 1. The van der Waals surface area contributed by atoms with E-state index in [9.17, 15) is 5.11 Å². The van der Waals surface area contributed by atoms with E-state index in [1.807, 2.05) is 29.7 Å². The third-order valence-electron chi connectivity index (χ3n) is 5.97. The van der Waals surface area contributed by atoms with Crippen LogP contribution in [0.15, 0.2) is 22.7 Å². The van der Waals surface area contributed by atoms with Crippen molar-refractivity contribution in [3.05, 3.63) is 29.7 Å². The maximum Gasteiger partial charge on any atom is 0.341 e. The summed E-state index contributed by atoms with van der Waals surface area (Å²) in [6.07, 6.45) is 8.22. The Balaban J connectivity index is 0.00000363. The smallest absolute Gasteiger partial charge is 0.341 e. The first kappa shape index (κ1) is 25.9. The number of nitrogens with zero attached hydrogens (tertiary/aromatic N) is 3. The largest absolute Gasteiger partial charge is 1.00 e. The Kier molecular flexibility index (Phi) is 10.3. The highest BCUT2D eigenvalue weighted by molar-refractivity contribution is 5.70. The molecule has 1 aromatic heterocycles. The minimum absolute atomic E-state index is 0. The minimum Gasteiger partial charge on any atom is -1.00 e. The minimum atomic E-state index is -0.308. The predicted molar refractivity (Wildman–Crippen MR) is 120 cm³/mol. The molecule has 0 spiro atoms. The Morgan fingerprint density at radius 3 is 2.66 bits per heavy atom. The lowest BCUT2D eigenvalue weighted by Gasteiger charge is -2.13. The van der Waals surface area contributed by atoms with E-state index in [1.54, 1.807) is 0 Å². The average molecular weight is 466 g/mol. The summed E-state index contributed by atoms with van der Waals surface area (Å²) >= 11 is 0. The highest BCUT2D eigenvalue weighted by Gasteiger charge is 2.39. The van der Waals surface area contributed by atoms with E-state index < -0.39 is 0 Å². The second kappa shape index (κ2) is 12.6. The molecule has 1 saturated heterocycles. The lowest BCUT2D eigenvalue weighted by molar-refractivity contribution is -0.559. The Bertz CT molecular complexity index is 882. The number of hydrogen-bond donors (Lipinski definition) is 3. The van der Waals surface area contributed by atoms with Crippen molar-refractivity contribution in [2.24, 2.45) is 17.4 Å². The summed E-state index contributed by atoms with van der Waals surface area (Å²) in [5.74, 6) is 1.95. The van der Waals surface area contributed by atoms with Crippen LogP contribution in [-0.4, -0.2) is 45.5 Å². The molecule has 8 nitrogen and oxygen atoms in total. The monoisotopic (exact) mass is 465 g/mol. The van der Waals surface area contributed by atoms with Gasteiger partial charge in [0, 0.05) is 18.1 Å². The summed E-state index contributed by atoms with van der Waals surface area (Å²) in [5.41, 5.74) is 13.5. The van der Waals surface area contributed by atoms with Gasteiger partial charge >= 0.3 is 5.96 Å². The van der Waals surface area contributed by atoms with Gasteiger partial charge in [-0.3, -0.25) is 16.0 Å². The van der Waals surface area contributed by atoms with Gasteiger partial charge in [-0.2, -0.15) is 4.98 Å². The maximum atomic E-state index is 9.71. The summed E-state index contributed by atoms with van der Waals surface area (Å²) in [7, 11) is 0. The molecule has 0 amide bonds. The number of rotatable bonds is 11. The van der Waals surface area contributed by atoms with Gasteiger partial charge in [0.25, 0.3) is 5.89 Å². The first-order chi connectivity index (χ1) is 15.0. The van der Waals surface area contributed by atoms with Crippen molar-refractivity contribution in [3.63, 3.8) is 0 Å². The lowest BCUT2D eigenvalue weighted by Crippen LogP contribution is -3.00. The molecule has 2 heterocycles. The first-order valence-corrected chi connectivity index (χ1v) is 11.4. The van der Waals surface area contributed by atoms with Crippen molar-refractivity contribution in [2.45, 2.75) is 64.8 Å². The number of benzene rings is 1. The molecule has 9 heteroatoms. The fraction of sp³-hybridized carbons (Fsp3) is 0.609. The maximum absolute atomic E-state index is 9.71. The highest BCUT2D eigenvalue weighted by atomic mass is 35.5. The normalized spacial score (nSPS) is 17.9. The molecule has 1 aliphatic rings. The SMILES string of the molecule is CCCCCCCCOc1ccc(-c2noc([C@@H]3[C@@H](CO)CC[N+]3=C(N)N)n2)cc1C.[Cl-]. The van der Waals surface area contributed by atoms with Crippen LogP contribution in [0.25, 0.3) is 11.4 Å². The van der Waals surface area contributed by atoms with Crippen LogP contribution in [0.1, 0.15) is 69.4 Å². The number of halogens is 1. The van der Waals surface area contributed by atoms with Gasteiger partial charge in [0.2, 0.25) is 5.82 Å². The molecule has 0 aliphatic carbocycles. The zero-order valence-corrected chi connectivity index (χ0v) is 19.9. The average Bonchev–Trinajstić information content (AvgIpc) is 3.40. The molecule has 32 heavy (non-hydrogen) atoms. The Labute approximate surface area is 196 Å². The summed E-state index contributed by atoms with van der Waals surface area (Å²) < 4.78 is 13.3. The lowest BCUT2D eigenvalue weighted by atomic mass is 10.0. The van der Waals surface area contributed by atoms with E-state index in [0.29, 0.717) is 18.3 Å². The van der Waals surface area contributed by atoms with Crippen molar-refractivity contribution >= 4 is 5.96 Å². The Hall–Kier alpha value is -2.32. The zero-order chi connectivity index (χ0) is 22.2. The van der Waals surface area contributed by atoms with Crippen LogP contribution in [0.3, 0.4) is 0 Å². The highest BCUT2D eigenvalue weighted by Crippen LogP contribution is 2.34. The molecular formula is C23H36ClN5O3. The molecule has 1 fully saturated rings. The van der Waals surface area contributed by atoms with Crippen molar-refractivity contribution in [2.75, 3.05) is 19.8 Å². The fourth-order valence-electron chi connectivity index (χ4n) is 4.16. The number of aromatic nitrogens is 2. The zero-order valence-electron chi connectivity index (χ0n) is 19.1. The van der Waals surface area contributed by atoms with E-state index >= 15 is 0 Å². The molecule has 0 saturated carbocycles. The molecule has 2 atom stereocenters. The van der Waals surface area contributed by atoms with Crippen molar-refractivity contribution in [1.82, 2.24) is 10.1 Å². The van der Waals surface area contributed by atoms with Gasteiger partial charge in [-0.15, -0.1) is 0 Å². The number of hydrogen-bond acceptors (Lipinski definition) is 5. The third-order valence-corrected chi connectivity index (χ3v) is 5.97. The summed E-state index contributed by atoms with van der Waals surface area (Å²) in [5, 5.41) is 13.9. The summed E-state index contributed by atoms with van der Waals surface area (Å²) in [4.78, 5) is 4.58. The second-order valence-electron chi connectivity index (χ2n) is 8.35. The molecule has 3 rings (SSSR count). The number of ether oxygens (including phenoxy) is 1. The van der Waals surface area contributed by atoms with Crippen LogP contribution in [0.2, 0.25) is 0 Å². The van der Waals surface area contributed by atoms with Gasteiger partial charge in [0.1, 0.15) is 5.75 Å². The Morgan fingerprint density at radius 2 is 1.97 bits per heavy atom. The molecule has 2 aromatic rings. The molecule has 5 N–H and O–H groups in total. The van der Waals surface area contributed by atoms with Crippen molar-refractivity contribution in [3.8, 4) is 17.1 Å². The summed E-state index contributed by atoms with van der Waals surface area (Å²) in [6, 6.07) is 5.60. The van der Waals surface area contributed by atoms with Gasteiger partial charge in [-0.25, -0.2) is 0 Å². The summed E-state index contributed by atoms with van der Waals surface area (Å²) in [6.45, 7) is 5.64. The van der Waals surface area contributed by atoms with Crippen LogP contribution >= 0.6 is 0 Å². The van der Waals surface area contributed by atoms with E-state index in [0.717, 1.165) is 36.3 Å². The van der Waals surface area contributed by atoms with Crippen LogP contribution in [-0.2, 0) is 0 Å². The number of aliphatic hydroxyl groups is 1.